The molecule has 0 aromatic carbocycles. The van der Waals surface area contributed by atoms with Gasteiger partial charge in [0.1, 0.15) is 0 Å². The van der Waals surface area contributed by atoms with Crippen molar-refractivity contribution < 1.29 is 0 Å². The summed E-state index contributed by atoms with van der Waals surface area (Å²) in [6, 6.07) is 0.273. The fraction of sp³-hybridized carbons (Fsp3) is 0.727. The second kappa shape index (κ2) is 4.13. The van der Waals surface area contributed by atoms with Gasteiger partial charge in [0.25, 0.3) is 0 Å². The molecule has 0 amide bonds. The van der Waals surface area contributed by atoms with Gasteiger partial charge in [-0.15, -0.1) is 0 Å². The molecule has 2 N–H and O–H groups in total. The Balaban J connectivity index is 2.14. The van der Waals surface area contributed by atoms with E-state index in [0.717, 1.165) is 19.4 Å². The molecule has 1 aliphatic rings. The van der Waals surface area contributed by atoms with Crippen molar-refractivity contribution in [1.29, 1.82) is 0 Å². The third-order valence-corrected chi connectivity index (χ3v) is 3.07. The summed E-state index contributed by atoms with van der Waals surface area (Å²) < 4.78 is 2.25. The molecule has 1 atom stereocenters. The first-order valence-corrected chi connectivity index (χ1v) is 5.59. The van der Waals surface area contributed by atoms with Crippen LogP contribution in [0.25, 0.3) is 0 Å². The Labute approximate surface area is 85.3 Å². The molecular weight excluding hydrogens is 174 g/mol. The van der Waals surface area contributed by atoms with E-state index < -0.39 is 0 Å². The molecule has 0 spiro atoms. The SMILES string of the molecule is CCC(N)Cn1cnc2c1CCCC2. The summed E-state index contributed by atoms with van der Waals surface area (Å²) in [5, 5.41) is 0. The van der Waals surface area contributed by atoms with Crippen molar-refractivity contribution >= 4 is 0 Å². The van der Waals surface area contributed by atoms with Crippen LogP contribution in [0.5, 0.6) is 0 Å². The summed E-state index contributed by atoms with van der Waals surface area (Å²) in [4.78, 5) is 4.45. The molecule has 0 saturated carbocycles. The van der Waals surface area contributed by atoms with E-state index in [9.17, 15) is 0 Å². The number of aryl methyl sites for hydroxylation is 1. The average Bonchev–Trinajstić information content (AvgIpc) is 2.62. The van der Waals surface area contributed by atoms with Crippen LogP contribution >= 0.6 is 0 Å². The van der Waals surface area contributed by atoms with Gasteiger partial charge < -0.3 is 10.3 Å². The van der Waals surface area contributed by atoms with Gasteiger partial charge in [-0.1, -0.05) is 6.92 Å². The molecule has 3 heteroatoms. The van der Waals surface area contributed by atoms with E-state index in [1.807, 2.05) is 6.33 Å². The number of hydrogen-bond donors (Lipinski definition) is 1. The van der Waals surface area contributed by atoms with Crippen LogP contribution in [0, 0.1) is 0 Å². The standard InChI is InChI=1S/C11H19N3/c1-2-9(12)7-14-8-13-10-5-3-4-6-11(10)14/h8-9H,2-7,12H2,1H3. The van der Waals surface area contributed by atoms with Gasteiger partial charge >= 0.3 is 0 Å². The molecule has 3 nitrogen and oxygen atoms in total. The lowest BCUT2D eigenvalue weighted by molar-refractivity contribution is 0.514. The van der Waals surface area contributed by atoms with Crippen LogP contribution in [0.15, 0.2) is 6.33 Å². The van der Waals surface area contributed by atoms with Crippen LogP contribution in [0.3, 0.4) is 0 Å². The molecule has 0 fully saturated rings. The predicted octanol–water partition coefficient (Wildman–Crippen LogP) is 1.50. The first kappa shape index (κ1) is 9.71. The third-order valence-electron chi connectivity index (χ3n) is 3.07. The molecule has 1 aromatic heterocycles. The smallest absolute Gasteiger partial charge is 0.0952 e. The van der Waals surface area contributed by atoms with Crippen molar-refractivity contribution in [1.82, 2.24) is 9.55 Å². The predicted molar refractivity (Wildman–Crippen MR) is 57.1 cm³/mol. The highest BCUT2D eigenvalue weighted by Gasteiger charge is 2.15. The largest absolute Gasteiger partial charge is 0.333 e. The molecule has 0 aliphatic heterocycles. The van der Waals surface area contributed by atoms with E-state index >= 15 is 0 Å². The summed E-state index contributed by atoms with van der Waals surface area (Å²) in [5.41, 5.74) is 8.68. The highest BCUT2D eigenvalue weighted by molar-refractivity contribution is 5.16. The van der Waals surface area contributed by atoms with Crippen LogP contribution in [-0.2, 0) is 19.4 Å². The number of nitrogens with two attached hydrogens (primary N) is 1. The van der Waals surface area contributed by atoms with Crippen molar-refractivity contribution in [2.24, 2.45) is 5.73 Å². The van der Waals surface area contributed by atoms with E-state index in [1.54, 1.807) is 0 Å². The first-order valence-electron chi connectivity index (χ1n) is 5.59. The fourth-order valence-corrected chi connectivity index (χ4v) is 2.07. The zero-order valence-corrected chi connectivity index (χ0v) is 8.87. The zero-order chi connectivity index (χ0) is 9.97. The second-order valence-electron chi connectivity index (χ2n) is 4.17. The van der Waals surface area contributed by atoms with Gasteiger partial charge in [-0.2, -0.15) is 0 Å². The van der Waals surface area contributed by atoms with E-state index in [-0.39, 0.29) is 6.04 Å². The Morgan fingerprint density at radius 1 is 1.50 bits per heavy atom. The minimum absolute atomic E-state index is 0.273. The second-order valence-corrected chi connectivity index (χ2v) is 4.17. The molecular formula is C11H19N3. The number of imidazole rings is 1. The molecule has 78 valence electrons. The Bertz CT molecular complexity index is 303. The lowest BCUT2D eigenvalue weighted by Crippen LogP contribution is -2.26. The zero-order valence-electron chi connectivity index (χ0n) is 8.87. The Morgan fingerprint density at radius 3 is 3.07 bits per heavy atom. The van der Waals surface area contributed by atoms with Crippen LogP contribution < -0.4 is 5.73 Å². The molecule has 0 bridgehead atoms. The maximum Gasteiger partial charge on any atom is 0.0952 e. The molecule has 2 rings (SSSR count). The average molecular weight is 193 g/mol. The van der Waals surface area contributed by atoms with E-state index in [4.69, 9.17) is 5.73 Å². The summed E-state index contributed by atoms with van der Waals surface area (Å²) in [5.74, 6) is 0. The Kier molecular flexibility index (Phi) is 2.87. The van der Waals surface area contributed by atoms with Crippen molar-refractivity contribution in [3.05, 3.63) is 17.7 Å². The number of hydrogen-bond acceptors (Lipinski definition) is 2. The van der Waals surface area contributed by atoms with E-state index in [0.29, 0.717) is 0 Å². The summed E-state index contributed by atoms with van der Waals surface area (Å²) in [7, 11) is 0. The maximum absolute atomic E-state index is 5.95. The van der Waals surface area contributed by atoms with Crippen molar-refractivity contribution in [2.45, 2.75) is 51.6 Å². The normalized spacial score (nSPS) is 17.9. The van der Waals surface area contributed by atoms with Crippen molar-refractivity contribution in [2.75, 3.05) is 0 Å². The van der Waals surface area contributed by atoms with Crippen molar-refractivity contribution in [3.8, 4) is 0 Å². The van der Waals surface area contributed by atoms with Gasteiger partial charge in [0, 0.05) is 18.3 Å². The highest BCUT2D eigenvalue weighted by atomic mass is 15.1. The lowest BCUT2D eigenvalue weighted by Gasteiger charge is -2.16. The number of aromatic nitrogens is 2. The Hall–Kier alpha value is -0.830. The van der Waals surface area contributed by atoms with Crippen LogP contribution in [0.1, 0.15) is 37.6 Å². The number of fused-ring (bicyclic) bond motifs is 1. The Morgan fingerprint density at radius 2 is 2.29 bits per heavy atom. The monoisotopic (exact) mass is 193 g/mol. The van der Waals surface area contributed by atoms with Crippen LogP contribution in [0.4, 0.5) is 0 Å². The summed E-state index contributed by atoms with van der Waals surface area (Å²) in [6.07, 6.45) is 7.94. The van der Waals surface area contributed by atoms with Crippen LogP contribution in [-0.4, -0.2) is 15.6 Å². The molecule has 1 aliphatic carbocycles. The van der Waals surface area contributed by atoms with Crippen molar-refractivity contribution in [3.63, 3.8) is 0 Å². The quantitative estimate of drug-likeness (QED) is 0.790. The first-order chi connectivity index (χ1) is 6.81. The minimum Gasteiger partial charge on any atom is -0.333 e. The number of nitrogens with zero attached hydrogens (tertiary/aromatic N) is 2. The van der Waals surface area contributed by atoms with Crippen LogP contribution in [0.2, 0.25) is 0 Å². The maximum atomic E-state index is 5.95. The molecule has 1 heterocycles. The summed E-state index contributed by atoms with van der Waals surface area (Å²) >= 11 is 0. The molecule has 1 aromatic rings. The van der Waals surface area contributed by atoms with Gasteiger partial charge in [0.2, 0.25) is 0 Å². The molecule has 1 unspecified atom stereocenters. The van der Waals surface area contributed by atoms with Gasteiger partial charge in [-0.05, 0) is 32.1 Å². The molecule has 14 heavy (non-hydrogen) atoms. The van der Waals surface area contributed by atoms with Gasteiger partial charge in [0.15, 0.2) is 0 Å². The van der Waals surface area contributed by atoms with Gasteiger partial charge in [-0.25, -0.2) is 4.98 Å². The van der Waals surface area contributed by atoms with E-state index in [1.165, 1.54) is 30.7 Å². The number of rotatable bonds is 3. The molecule has 0 radical (unpaired) electrons. The minimum atomic E-state index is 0.273. The highest BCUT2D eigenvalue weighted by Crippen LogP contribution is 2.19. The van der Waals surface area contributed by atoms with E-state index in [2.05, 4.69) is 16.5 Å². The topological polar surface area (TPSA) is 43.8 Å². The van der Waals surface area contributed by atoms with Gasteiger partial charge in [-0.3, -0.25) is 0 Å². The molecule has 0 saturated heterocycles. The third kappa shape index (κ3) is 1.82. The lowest BCUT2D eigenvalue weighted by atomic mass is 10.0. The summed E-state index contributed by atoms with van der Waals surface area (Å²) in [6.45, 7) is 3.06. The fourth-order valence-electron chi connectivity index (χ4n) is 2.07. The van der Waals surface area contributed by atoms with Gasteiger partial charge in [0.05, 0.1) is 12.0 Å².